The SMILES string of the molecule is CC/C=C\C/C=C\C/C=C\C/C=C\CCCCCCCCC(=O)OCC(COP(=O)(O)OCC(O)COP(=O)(O)OCC(COC(=O)CCCCCCCCCCCCCCC)OC(=O)CCCCCCC/C=C\CCCC)OC(=O)CCCCCCCC/C=C\C/C=C\C/C=C\CCCCC. The molecule has 0 heterocycles. The van der Waals surface area contributed by atoms with Crippen LogP contribution in [0.25, 0.3) is 0 Å². The van der Waals surface area contributed by atoms with Gasteiger partial charge in [-0.15, -0.1) is 0 Å². The number of ether oxygens (including phenoxy) is 4. The van der Waals surface area contributed by atoms with Crippen LogP contribution in [0.2, 0.25) is 0 Å². The zero-order valence-corrected chi connectivity index (χ0v) is 66.3. The number of carbonyl (C=O) groups is 4. The quantitative estimate of drug-likeness (QED) is 0.0169. The molecule has 17 nitrogen and oxygen atoms in total. The molecule has 5 atom stereocenters. The average Bonchev–Trinajstić information content (AvgIpc) is 0.940. The molecule has 0 saturated carbocycles. The van der Waals surface area contributed by atoms with E-state index in [1.54, 1.807) is 0 Å². The molecule has 0 aromatic carbocycles. The predicted octanol–water partition coefficient (Wildman–Crippen LogP) is 23.6. The monoisotopic (exact) mass is 1480 g/mol. The molecule has 590 valence electrons. The van der Waals surface area contributed by atoms with Crippen LogP contribution in [0, 0.1) is 0 Å². The first kappa shape index (κ1) is 98.0. The van der Waals surface area contributed by atoms with Crippen molar-refractivity contribution in [2.24, 2.45) is 0 Å². The smallest absolute Gasteiger partial charge is 0.462 e. The zero-order valence-electron chi connectivity index (χ0n) is 64.5. The molecule has 0 fully saturated rings. The summed E-state index contributed by atoms with van der Waals surface area (Å²) in [6.45, 7) is 4.70. The number of unbranched alkanes of at least 4 members (excludes halogenated alkanes) is 34. The molecule has 0 saturated heterocycles. The van der Waals surface area contributed by atoms with Gasteiger partial charge in [-0.05, 0) is 122 Å². The second-order valence-electron chi connectivity index (χ2n) is 27.0. The van der Waals surface area contributed by atoms with E-state index in [1.807, 2.05) is 0 Å². The van der Waals surface area contributed by atoms with E-state index in [9.17, 15) is 43.2 Å². The van der Waals surface area contributed by atoms with Crippen LogP contribution in [-0.4, -0.2) is 96.7 Å². The molecule has 0 amide bonds. The number of phosphoric acid groups is 2. The minimum atomic E-state index is -4.98. The number of hydrogen-bond acceptors (Lipinski definition) is 15. The van der Waals surface area contributed by atoms with Gasteiger partial charge in [-0.25, -0.2) is 9.13 Å². The molecule has 5 unspecified atom stereocenters. The van der Waals surface area contributed by atoms with E-state index in [0.717, 1.165) is 180 Å². The van der Waals surface area contributed by atoms with Crippen molar-refractivity contribution in [3.63, 3.8) is 0 Å². The van der Waals surface area contributed by atoms with Crippen LogP contribution in [-0.2, 0) is 65.4 Å². The predicted molar refractivity (Wildman–Crippen MR) is 418 cm³/mol. The Morgan fingerprint density at radius 3 is 0.843 bits per heavy atom. The second-order valence-corrected chi connectivity index (χ2v) is 29.9. The summed E-state index contributed by atoms with van der Waals surface area (Å²) in [4.78, 5) is 73.0. The van der Waals surface area contributed by atoms with E-state index in [-0.39, 0.29) is 25.7 Å². The van der Waals surface area contributed by atoms with Crippen molar-refractivity contribution in [3.8, 4) is 0 Å². The maximum atomic E-state index is 13.1. The molecule has 0 rings (SSSR count). The van der Waals surface area contributed by atoms with Gasteiger partial charge in [0.15, 0.2) is 12.2 Å². The van der Waals surface area contributed by atoms with Crippen LogP contribution in [0.3, 0.4) is 0 Å². The lowest BCUT2D eigenvalue weighted by molar-refractivity contribution is -0.161. The normalized spacial score (nSPS) is 14.4. The maximum Gasteiger partial charge on any atom is 0.472 e. The highest BCUT2D eigenvalue weighted by molar-refractivity contribution is 7.47. The molecule has 0 radical (unpaired) electrons. The Labute approximate surface area is 620 Å². The van der Waals surface area contributed by atoms with Gasteiger partial charge in [-0.3, -0.25) is 37.3 Å². The minimum Gasteiger partial charge on any atom is -0.462 e. The minimum absolute atomic E-state index is 0.0769. The van der Waals surface area contributed by atoms with Crippen molar-refractivity contribution in [1.82, 2.24) is 0 Å². The van der Waals surface area contributed by atoms with E-state index in [4.69, 9.17) is 37.0 Å². The number of aliphatic hydroxyl groups is 1. The van der Waals surface area contributed by atoms with Crippen LogP contribution >= 0.6 is 15.6 Å². The summed E-state index contributed by atoms with van der Waals surface area (Å²) in [7, 11) is -9.96. The number of allylic oxidation sites excluding steroid dienone is 16. The lowest BCUT2D eigenvalue weighted by Crippen LogP contribution is -2.30. The Kier molecular flexibility index (Phi) is 72.3. The Morgan fingerprint density at radius 1 is 0.284 bits per heavy atom. The van der Waals surface area contributed by atoms with Crippen molar-refractivity contribution in [2.45, 2.75) is 367 Å². The molecule has 0 aromatic rings. The van der Waals surface area contributed by atoms with Gasteiger partial charge in [0.2, 0.25) is 0 Å². The third kappa shape index (κ3) is 74.3. The molecule has 0 aliphatic carbocycles. The topological polar surface area (TPSA) is 237 Å². The molecular formula is C83H146O17P2. The molecule has 0 bridgehead atoms. The van der Waals surface area contributed by atoms with Crippen molar-refractivity contribution in [2.75, 3.05) is 39.6 Å². The van der Waals surface area contributed by atoms with Crippen molar-refractivity contribution in [1.29, 1.82) is 0 Å². The third-order valence-electron chi connectivity index (χ3n) is 17.0. The van der Waals surface area contributed by atoms with E-state index in [0.29, 0.717) is 25.7 Å². The Bertz CT molecular complexity index is 2310. The van der Waals surface area contributed by atoms with E-state index in [1.165, 1.54) is 89.9 Å². The third-order valence-corrected chi connectivity index (χ3v) is 18.9. The van der Waals surface area contributed by atoms with Crippen molar-refractivity contribution >= 4 is 39.5 Å². The van der Waals surface area contributed by atoms with Crippen LogP contribution in [0.1, 0.15) is 349 Å². The number of carbonyl (C=O) groups excluding carboxylic acids is 4. The van der Waals surface area contributed by atoms with Crippen LogP contribution in [0.5, 0.6) is 0 Å². The zero-order chi connectivity index (χ0) is 74.6. The van der Waals surface area contributed by atoms with Gasteiger partial charge in [0.1, 0.15) is 19.3 Å². The van der Waals surface area contributed by atoms with Gasteiger partial charge < -0.3 is 33.8 Å². The lowest BCUT2D eigenvalue weighted by Gasteiger charge is -2.21. The lowest BCUT2D eigenvalue weighted by atomic mass is 10.0. The molecule has 0 aliphatic heterocycles. The summed E-state index contributed by atoms with van der Waals surface area (Å²) in [5.41, 5.74) is 0. The Hall–Kier alpha value is -4.02. The summed E-state index contributed by atoms with van der Waals surface area (Å²) < 4.78 is 68.6. The number of hydrogen-bond donors (Lipinski definition) is 3. The van der Waals surface area contributed by atoms with Gasteiger partial charge in [0.25, 0.3) is 0 Å². The maximum absolute atomic E-state index is 13.1. The van der Waals surface area contributed by atoms with Gasteiger partial charge >= 0.3 is 39.5 Å². The number of rotatable bonds is 76. The fourth-order valence-electron chi connectivity index (χ4n) is 10.8. The molecule has 102 heavy (non-hydrogen) atoms. The van der Waals surface area contributed by atoms with E-state index in [2.05, 4.69) is 125 Å². The molecule has 0 spiro atoms. The number of esters is 4. The largest absolute Gasteiger partial charge is 0.472 e. The standard InChI is InChI=1S/C83H146O17P2/c1-5-9-13-17-21-25-29-32-34-36-38-40-42-45-49-52-56-60-64-68-81(86)94-74-79(100-83(88)70-66-62-58-54-50-46-43-41-39-37-35-33-30-26-22-18-14-10-6-2)76-98-102(91,92)96-72-77(84)71-95-101(89,90)97-75-78(99-82(87)69-65-61-57-53-47-28-24-20-16-12-8-4)73-93-80(85)67-63-59-55-51-48-44-31-27-23-19-15-11-7-3/h9,13,20-22,24-26,32-35,38-41,77-79,84H,5-8,10-12,14-19,23,27-31,36-37,42-76H2,1-4H3,(H,89,90)(H,91,92)/b13-9-,24-20-,25-21-,26-22-,34-32-,35-33-,40-38-,41-39-. The first-order valence-corrected chi connectivity index (χ1v) is 43.5. The summed E-state index contributed by atoms with van der Waals surface area (Å²) in [6, 6.07) is 0. The van der Waals surface area contributed by atoms with Crippen LogP contribution in [0.4, 0.5) is 0 Å². The first-order chi connectivity index (χ1) is 49.7. The van der Waals surface area contributed by atoms with E-state index >= 15 is 0 Å². The summed E-state index contributed by atoms with van der Waals surface area (Å²) in [6.07, 6.45) is 79.5. The first-order valence-electron chi connectivity index (χ1n) is 40.5. The molecule has 3 N–H and O–H groups in total. The number of phosphoric ester groups is 2. The van der Waals surface area contributed by atoms with Crippen LogP contribution in [0.15, 0.2) is 97.2 Å². The fourth-order valence-corrected chi connectivity index (χ4v) is 12.4. The van der Waals surface area contributed by atoms with Crippen molar-refractivity contribution in [3.05, 3.63) is 97.2 Å². The van der Waals surface area contributed by atoms with Gasteiger partial charge in [-0.2, -0.15) is 0 Å². The Balaban J connectivity index is 5.34. The van der Waals surface area contributed by atoms with Gasteiger partial charge in [0, 0.05) is 25.7 Å². The number of aliphatic hydroxyl groups excluding tert-OH is 1. The second kappa shape index (κ2) is 75.2. The molecule has 0 aliphatic rings. The molecule has 0 aromatic heterocycles. The summed E-state index contributed by atoms with van der Waals surface area (Å²) in [5, 5.41) is 10.6. The highest BCUT2D eigenvalue weighted by Gasteiger charge is 2.30. The van der Waals surface area contributed by atoms with Crippen LogP contribution < -0.4 is 0 Å². The van der Waals surface area contributed by atoms with Gasteiger partial charge in [0.05, 0.1) is 26.4 Å². The summed E-state index contributed by atoms with van der Waals surface area (Å²) in [5.74, 6) is -2.19. The van der Waals surface area contributed by atoms with Crippen molar-refractivity contribution < 1.29 is 80.2 Å². The Morgan fingerprint density at radius 2 is 0.520 bits per heavy atom. The molecular weight excluding hydrogens is 1330 g/mol. The van der Waals surface area contributed by atoms with Gasteiger partial charge in [-0.1, -0.05) is 298 Å². The molecule has 19 heteroatoms. The fraction of sp³-hybridized carbons (Fsp3) is 0.759. The van der Waals surface area contributed by atoms with E-state index < -0.39 is 97.5 Å². The summed E-state index contributed by atoms with van der Waals surface area (Å²) >= 11 is 0. The average molecular weight is 1480 g/mol. The highest BCUT2D eigenvalue weighted by Crippen LogP contribution is 2.45. The highest BCUT2D eigenvalue weighted by atomic mass is 31.2.